The maximum absolute atomic E-state index is 12.5. The molecule has 3 nitrogen and oxygen atoms in total. The highest BCUT2D eigenvalue weighted by Crippen LogP contribution is 2.23. The SMILES string of the molecule is C[C@H](OC(=O)c1ccc(Br)cc1)C(=O)c1ccc2c(c1)CCC2. The molecule has 3 rings (SSSR count). The van der Waals surface area contributed by atoms with Gasteiger partial charge in [0.2, 0.25) is 5.78 Å². The fourth-order valence-corrected chi connectivity index (χ4v) is 3.09. The van der Waals surface area contributed by atoms with Crippen LogP contribution in [0.5, 0.6) is 0 Å². The van der Waals surface area contributed by atoms with E-state index in [2.05, 4.69) is 15.9 Å². The summed E-state index contributed by atoms with van der Waals surface area (Å²) < 4.78 is 6.19. The number of esters is 1. The first-order valence-electron chi connectivity index (χ1n) is 7.67. The lowest BCUT2D eigenvalue weighted by Crippen LogP contribution is -2.24. The van der Waals surface area contributed by atoms with Crippen molar-refractivity contribution in [2.24, 2.45) is 0 Å². The van der Waals surface area contributed by atoms with Crippen molar-refractivity contribution in [3.63, 3.8) is 0 Å². The predicted molar refractivity (Wildman–Crippen MR) is 91.8 cm³/mol. The van der Waals surface area contributed by atoms with Crippen molar-refractivity contribution < 1.29 is 14.3 Å². The summed E-state index contributed by atoms with van der Waals surface area (Å²) in [4.78, 5) is 24.6. The van der Waals surface area contributed by atoms with Crippen molar-refractivity contribution in [1.29, 1.82) is 0 Å². The van der Waals surface area contributed by atoms with E-state index in [1.807, 2.05) is 18.2 Å². The number of hydrogen-bond acceptors (Lipinski definition) is 3. The predicted octanol–water partition coefficient (Wildman–Crippen LogP) is 4.37. The van der Waals surface area contributed by atoms with Gasteiger partial charge in [0.25, 0.3) is 0 Å². The second-order valence-electron chi connectivity index (χ2n) is 5.76. The van der Waals surface area contributed by atoms with Crippen LogP contribution in [0.2, 0.25) is 0 Å². The van der Waals surface area contributed by atoms with Crippen LogP contribution in [0, 0.1) is 0 Å². The summed E-state index contributed by atoms with van der Waals surface area (Å²) in [6, 6.07) is 12.6. The molecule has 0 unspecified atom stereocenters. The van der Waals surface area contributed by atoms with Gasteiger partial charge in [-0.2, -0.15) is 0 Å². The Kier molecular flexibility index (Phi) is 4.62. The third-order valence-electron chi connectivity index (χ3n) is 4.12. The number of Topliss-reactive ketones (excluding diaryl/α,β-unsaturated/α-hetero) is 1. The molecule has 1 aliphatic carbocycles. The molecule has 0 fully saturated rings. The Labute approximate surface area is 143 Å². The summed E-state index contributed by atoms with van der Waals surface area (Å²) >= 11 is 3.32. The Morgan fingerprint density at radius 3 is 2.39 bits per heavy atom. The largest absolute Gasteiger partial charge is 0.451 e. The Balaban J connectivity index is 1.70. The molecule has 0 N–H and O–H groups in total. The van der Waals surface area contributed by atoms with Crippen LogP contribution in [0.1, 0.15) is 45.2 Å². The van der Waals surface area contributed by atoms with Gasteiger partial charge in [-0.05, 0) is 67.6 Å². The maximum Gasteiger partial charge on any atom is 0.338 e. The summed E-state index contributed by atoms with van der Waals surface area (Å²) in [5.74, 6) is -0.648. The van der Waals surface area contributed by atoms with Crippen LogP contribution in [-0.4, -0.2) is 17.9 Å². The normalized spacial score (nSPS) is 14.2. The van der Waals surface area contributed by atoms with Crippen LogP contribution in [-0.2, 0) is 17.6 Å². The molecule has 0 bridgehead atoms. The second kappa shape index (κ2) is 6.67. The lowest BCUT2D eigenvalue weighted by molar-refractivity contribution is 0.0319. The average Bonchev–Trinajstić information content (AvgIpc) is 3.02. The summed E-state index contributed by atoms with van der Waals surface area (Å²) in [6.07, 6.45) is 2.44. The van der Waals surface area contributed by atoms with Gasteiger partial charge in [0.1, 0.15) is 0 Å². The minimum atomic E-state index is -0.800. The van der Waals surface area contributed by atoms with Crippen LogP contribution in [0.15, 0.2) is 46.9 Å². The quantitative estimate of drug-likeness (QED) is 0.591. The van der Waals surface area contributed by atoms with Crippen LogP contribution in [0.4, 0.5) is 0 Å². The third kappa shape index (κ3) is 3.53. The number of ketones is 1. The molecular weight excluding hydrogens is 356 g/mol. The van der Waals surface area contributed by atoms with E-state index in [0.29, 0.717) is 11.1 Å². The molecule has 0 amide bonds. The molecule has 1 atom stereocenters. The number of benzene rings is 2. The molecule has 2 aromatic carbocycles. The van der Waals surface area contributed by atoms with E-state index in [1.165, 1.54) is 11.1 Å². The van der Waals surface area contributed by atoms with E-state index in [-0.39, 0.29) is 5.78 Å². The number of rotatable bonds is 4. The van der Waals surface area contributed by atoms with Crippen molar-refractivity contribution in [3.05, 3.63) is 69.2 Å². The average molecular weight is 373 g/mol. The Hall–Kier alpha value is -1.94. The standard InChI is InChI=1S/C19H17BrO3/c1-12(23-19(22)14-7-9-17(20)10-8-14)18(21)16-6-5-13-3-2-4-15(13)11-16/h5-12H,2-4H2,1H3/t12-/m0/s1. The smallest absolute Gasteiger partial charge is 0.338 e. The highest BCUT2D eigenvalue weighted by Gasteiger charge is 2.22. The summed E-state index contributed by atoms with van der Waals surface area (Å²) in [5, 5.41) is 0. The van der Waals surface area contributed by atoms with E-state index in [4.69, 9.17) is 4.74 Å². The van der Waals surface area contributed by atoms with Gasteiger partial charge in [-0.25, -0.2) is 4.79 Å². The van der Waals surface area contributed by atoms with E-state index in [1.54, 1.807) is 31.2 Å². The van der Waals surface area contributed by atoms with Gasteiger partial charge in [-0.15, -0.1) is 0 Å². The Morgan fingerprint density at radius 1 is 1.00 bits per heavy atom. The topological polar surface area (TPSA) is 43.4 Å². The van der Waals surface area contributed by atoms with Crippen molar-refractivity contribution in [1.82, 2.24) is 0 Å². The van der Waals surface area contributed by atoms with Gasteiger partial charge in [-0.1, -0.05) is 28.1 Å². The monoisotopic (exact) mass is 372 g/mol. The van der Waals surface area contributed by atoms with Crippen LogP contribution < -0.4 is 0 Å². The molecule has 1 aliphatic rings. The van der Waals surface area contributed by atoms with Gasteiger partial charge < -0.3 is 4.74 Å². The first-order valence-corrected chi connectivity index (χ1v) is 8.46. The first kappa shape index (κ1) is 15.9. The zero-order valence-electron chi connectivity index (χ0n) is 12.8. The highest BCUT2D eigenvalue weighted by atomic mass is 79.9. The molecule has 0 saturated carbocycles. The van der Waals surface area contributed by atoms with Gasteiger partial charge >= 0.3 is 5.97 Å². The molecule has 0 radical (unpaired) electrons. The molecule has 118 valence electrons. The van der Waals surface area contributed by atoms with Crippen molar-refractivity contribution >= 4 is 27.7 Å². The van der Waals surface area contributed by atoms with E-state index >= 15 is 0 Å². The number of carbonyl (C=O) groups is 2. The molecule has 0 spiro atoms. The molecular formula is C19H17BrO3. The maximum atomic E-state index is 12.5. The second-order valence-corrected chi connectivity index (χ2v) is 6.67. The number of carbonyl (C=O) groups excluding carboxylic acids is 2. The molecule has 0 aliphatic heterocycles. The number of fused-ring (bicyclic) bond motifs is 1. The van der Waals surface area contributed by atoms with Gasteiger partial charge in [0.15, 0.2) is 6.10 Å². The van der Waals surface area contributed by atoms with Crippen LogP contribution >= 0.6 is 15.9 Å². The lowest BCUT2D eigenvalue weighted by atomic mass is 10.0. The van der Waals surface area contributed by atoms with Gasteiger partial charge in [0.05, 0.1) is 5.56 Å². The Bertz CT molecular complexity index is 750. The van der Waals surface area contributed by atoms with Gasteiger partial charge in [0, 0.05) is 10.0 Å². The molecule has 23 heavy (non-hydrogen) atoms. The number of aryl methyl sites for hydroxylation is 2. The zero-order chi connectivity index (χ0) is 16.4. The van der Waals surface area contributed by atoms with Crippen LogP contribution in [0.25, 0.3) is 0 Å². The highest BCUT2D eigenvalue weighted by molar-refractivity contribution is 9.10. The summed E-state index contributed by atoms with van der Waals surface area (Å²) in [5.41, 5.74) is 3.60. The Morgan fingerprint density at radius 2 is 1.65 bits per heavy atom. The lowest BCUT2D eigenvalue weighted by Gasteiger charge is -2.13. The summed E-state index contributed by atoms with van der Waals surface area (Å²) in [7, 11) is 0. The minimum Gasteiger partial charge on any atom is -0.451 e. The third-order valence-corrected chi connectivity index (χ3v) is 4.64. The van der Waals surface area contributed by atoms with E-state index in [0.717, 1.165) is 23.7 Å². The molecule has 4 heteroatoms. The van der Waals surface area contributed by atoms with E-state index < -0.39 is 12.1 Å². The van der Waals surface area contributed by atoms with Crippen LogP contribution in [0.3, 0.4) is 0 Å². The van der Waals surface area contributed by atoms with Crippen molar-refractivity contribution in [2.45, 2.75) is 32.3 Å². The fraction of sp³-hybridized carbons (Fsp3) is 0.263. The van der Waals surface area contributed by atoms with Crippen molar-refractivity contribution in [2.75, 3.05) is 0 Å². The van der Waals surface area contributed by atoms with Gasteiger partial charge in [-0.3, -0.25) is 4.79 Å². The molecule has 0 saturated heterocycles. The molecule has 0 heterocycles. The minimum absolute atomic E-state index is 0.162. The molecule has 0 aromatic heterocycles. The zero-order valence-corrected chi connectivity index (χ0v) is 14.4. The van der Waals surface area contributed by atoms with E-state index in [9.17, 15) is 9.59 Å². The molecule has 2 aromatic rings. The first-order chi connectivity index (χ1) is 11.0. The number of halogens is 1. The number of ether oxygens (including phenoxy) is 1. The summed E-state index contributed by atoms with van der Waals surface area (Å²) in [6.45, 7) is 1.62. The number of hydrogen-bond donors (Lipinski definition) is 0. The van der Waals surface area contributed by atoms with Crippen molar-refractivity contribution in [3.8, 4) is 0 Å². The fourth-order valence-electron chi connectivity index (χ4n) is 2.83.